The van der Waals surface area contributed by atoms with Crippen LogP contribution in [0.25, 0.3) is 0 Å². The normalized spacial score (nSPS) is 17.6. The molecule has 0 spiro atoms. The lowest BCUT2D eigenvalue weighted by Crippen LogP contribution is -2.56. The number of imidazole rings is 1. The fourth-order valence-corrected chi connectivity index (χ4v) is 4.24. The predicted octanol–water partition coefficient (Wildman–Crippen LogP) is -1.58. The van der Waals surface area contributed by atoms with Crippen molar-refractivity contribution in [1.29, 1.82) is 0 Å². The van der Waals surface area contributed by atoms with E-state index in [0.29, 0.717) is 31.5 Å². The molecular formula is C23H39N9O5. The topological polar surface area (TPSA) is 235 Å². The Morgan fingerprint density at radius 1 is 1.24 bits per heavy atom. The van der Waals surface area contributed by atoms with Gasteiger partial charge < -0.3 is 42.8 Å². The van der Waals surface area contributed by atoms with Crippen molar-refractivity contribution in [1.82, 2.24) is 25.5 Å². The van der Waals surface area contributed by atoms with Gasteiger partial charge in [-0.1, -0.05) is 13.8 Å². The van der Waals surface area contributed by atoms with E-state index in [1.54, 1.807) is 6.20 Å². The van der Waals surface area contributed by atoms with Crippen LogP contribution in [-0.4, -0.2) is 86.9 Å². The minimum Gasteiger partial charge on any atom is -0.480 e. The number of nitrogens with two attached hydrogens (primary N) is 3. The third-order valence-electron chi connectivity index (χ3n) is 6.05. The maximum Gasteiger partial charge on any atom is 0.326 e. The van der Waals surface area contributed by atoms with Crippen LogP contribution in [0.2, 0.25) is 0 Å². The summed E-state index contributed by atoms with van der Waals surface area (Å²) in [6.45, 7) is 4.29. The second kappa shape index (κ2) is 14.2. The third-order valence-corrected chi connectivity index (χ3v) is 6.05. The van der Waals surface area contributed by atoms with Gasteiger partial charge in [0, 0.05) is 31.4 Å². The molecule has 4 atom stereocenters. The summed E-state index contributed by atoms with van der Waals surface area (Å²) in [5, 5.41) is 14.7. The van der Waals surface area contributed by atoms with E-state index in [2.05, 4.69) is 25.6 Å². The number of aliphatic carboxylic acids is 1. The predicted molar refractivity (Wildman–Crippen MR) is 136 cm³/mol. The number of carbonyl (C=O) groups is 4. The van der Waals surface area contributed by atoms with E-state index in [1.807, 2.05) is 13.8 Å². The Labute approximate surface area is 215 Å². The van der Waals surface area contributed by atoms with Crippen LogP contribution in [-0.2, 0) is 25.6 Å². The summed E-state index contributed by atoms with van der Waals surface area (Å²) in [4.78, 5) is 63.1. The Morgan fingerprint density at radius 2 is 1.97 bits per heavy atom. The average Bonchev–Trinajstić information content (AvgIpc) is 3.51. The molecule has 0 aliphatic carbocycles. The molecule has 14 heteroatoms. The molecule has 0 aromatic carbocycles. The highest BCUT2D eigenvalue weighted by atomic mass is 16.4. The minimum atomic E-state index is -1.16. The Morgan fingerprint density at radius 3 is 2.57 bits per heavy atom. The van der Waals surface area contributed by atoms with Crippen LogP contribution in [0.15, 0.2) is 17.5 Å². The van der Waals surface area contributed by atoms with Gasteiger partial charge in [-0.15, -0.1) is 0 Å². The van der Waals surface area contributed by atoms with Crippen LogP contribution in [0, 0.1) is 5.92 Å². The molecule has 14 nitrogen and oxygen atoms in total. The van der Waals surface area contributed by atoms with Crippen molar-refractivity contribution in [3.8, 4) is 0 Å². The van der Waals surface area contributed by atoms with Gasteiger partial charge in [0.05, 0.1) is 12.4 Å². The average molecular weight is 522 g/mol. The lowest BCUT2D eigenvalue weighted by molar-refractivity contribution is -0.143. The molecule has 1 saturated heterocycles. The molecule has 37 heavy (non-hydrogen) atoms. The van der Waals surface area contributed by atoms with E-state index in [-0.39, 0.29) is 43.6 Å². The van der Waals surface area contributed by atoms with Crippen molar-refractivity contribution in [2.24, 2.45) is 28.1 Å². The molecule has 1 aromatic rings. The molecule has 0 radical (unpaired) electrons. The van der Waals surface area contributed by atoms with Crippen LogP contribution >= 0.6 is 0 Å². The van der Waals surface area contributed by atoms with Gasteiger partial charge >= 0.3 is 5.97 Å². The fourth-order valence-electron chi connectivity index (χ4n) is 4.24. The van der Waals surface area contributed by atoms with E-state index in [9.17, 15) is 24.3 Å². The van der Waals surface area contributed by atoms with Crippen molar-refractivity contribution in [2.75, 3.05) is 13.1 Å². The molecular weight excluding hydrogens is 482 g/mol. The lowest BCUT2D eigenvalue weighted by Gasteiger charge is -2.28. The SMILES string of the molecule is CC(C)CC(NC(=O)C(CCCN=C(N)N)NC(=O)C1CCCN1C(=O)C(N)Cc1cnc[nH]1)C(=O)O. The molecule has 1 fully saturated rings. The maximum atomic E-state index is 13.2. The van der Waals surface area contributed by atoms with Gasteiger partial charge in [-0.2, -0.15) is 0 Å². The Hall–Kier alpha value is -3.68. The standard InChI is InChI=1S/C23H39N9O5/c1-13(2)9-17(22(36)37)31-19(33)16(5-3-7-28-23(25)26)30-20(34)18-6-4-8-32(18)21(35)15(24)10-14-11-27-12-29-14/h11-13,15-18H,3-10,24H2,1-2H3,(H,27,29)(H,30,34)(H,31,33)(H,36,37)(H4,25,26,28). The smallest absolute Gasteiger partial charge is 0.326 e. The Kier molecular flexibility index (Phi) is 11.3. The number of aromatic amines is 1. The fraction of sp³-hybridized carbons (Fsp3) is 0.652. The number of nitrogens with zero attached hydrogens (tertiary/aromatic N) is 3. The number of likely N-dealkylation sites (tertiary alicyclic amines) is 1. The van der Waals surface area contributed by atoms with Gasteiger partial charge in [0.2, 0.25) is 17.7 Å². The van der Waals surface area contributed by atoms with E-state index in [0.717, 1.165) is 0 Å². The molecule has 1 aliphatic rings. The van der Waals surface area contributed by atoms with Crippen molar-refractivity contribution >= 4 is 29.7 Å². The first-order valence-corrected chi connectivity index (χ1v) is 12.4. The summed E-state index contributed by atoms with van der Waals surface area (Å²) >= 11 is 0. The second-order valence-corrected chi connectivity index (χ2v) is 9.62. The molecule has 0 bridgehead atoms. The van der Waals surface area contributed by atoms with Crippen LogP contribution in [0.3, 0.4) is 0 Å². The first-order valence-electron chi connectivity index (χ1n) is 12.4. The maximum absolute atomic E-state index is 13.2. The zero-order valence-corrected chi connectivity index (χ0v) is 21.4. The number of hydrogen-bond donors (Lipinski definition) is 7. The number of carboxylic acid groups (broad SMARTS) is 1. The summed E-state index contributed by atoms with van der Waals surface area (Å²) in [6.07, 6.45) is 5.10. The third kappa shape index (κ3) is 9.37. The summed E-state index contributed by atoms with van der Waals surface area (Å²) in [7, 11) is 0. The summed E-state index contributed by atoms with van der Waals surface area (Å²) in [5.74, 6) is -2.73. The minimum absolute atomic E-state index is 0.0281. The second-order valence-electron chi connectivity index (χ2n) is 9.62. The quantitative estimate of drug-likeness (QED) is 0.0848. The van der Waals surface area contributed by atoms with Gasteiger partial charge in [-0.3, -0.25) is 19.4 Å². The monoisotopic (exact) mass is 521 g/mol. The molecule has 2 rings (SSSR count). The molecule has 4 unspecified atom stereocenters. The number of aromatic nitrogens is 2. The zero-order valence-electron chi connectivity index (χ0n) is 21.4. The molecule has 0 saturated carbocycles. The van der Waals surface area contributed by atoms with Crippen LogP contribution in [0.1, 0.15) is 51.6 Å². The van der Waals surface area contributed by atoms with Gasteiger partial charge in [0.25, 0.3) is 0 Å². The number of carboxylic acids is 1. The van der Waals surface area contributed by atoms with Gasteiger partial charge in [-0.05, 0) is 38.0 Å². The molecule has 3 amide bonds. The first-order chi connectivity index (χ1) is 17.5. The van der Waals surface area contributed by atoms with E-state index < -0.39 is 42.0 Å². The van der Waals surface area contributed by atoms with Crippen molar-refractivity contribution < 1.29 is 24.3 Å². The number of carbonyl (C=O) groups excluding carboxylic acids is 3. The first kappa shape index (κ1) is 29.5. The molecule has 10 N–H and O–H groups in total. The zero-order chi connectivity index (χ0) is 27.5. The van der Waals surface area contributed by atoms with Crippen molar-refractivity contribution in [2.45, 2.75) is 76.5 Å². The number of H-pyrrole nitrogens is 1. The summed E-state index contributed by atoms with van der Waals surface area (Å²) in [6, 6.07) is -3.79. The highest BCUT2D eigenvalue weighted by Gasteiger charge is 2.38. The van der Waals surface area contributed by atoms with Gasteiger partial charge in [0.1, 0.15) is 18.1 Å². The molecule has 1 aromatic heterocycles. The van der Waals surface area contributed by atoms with Crippen molar-refractivity contribution in [3.63, 3.8) is 0 Å². The Bertz CT molecular complexity index is 946. The number of amides is 3. The van der Waals surface area contributed by atoms with Crippen LogP contribution < -0.4 is 27.8 Å². The van der Waals surface area contributed by atoms with E-state index in [1.165, 1.54) is 11.2 Å². The number of rotatable bonds is 14. The molecule has 2 heterocycles. The summed E-state index contributed by atoms with van der Waals surface area (Å²) < 4.78 is 0. The lowest BCUT2D eigenvalue weighted by atomic mass is 10.0. The summed E-state index contributed by atoms with van der Waals surface area (Å²) in [5.41, 5.74) is 17.5. The van der Waals surface area contributed by atoms with Gasteiger partial charge in [0.15, 0.2) is 5.96 Å². The van der Waals surface area contributed by atoms with Crippen LogP contribution in [0.5, 0.6) is 0 Å². The molecule has 206 valence electrons. The number of nitrogens with one attached hydrogen (secondary N) is 3. The number of aliphatic imine (C=N–C) groups is 1. The highest BCUT2D eigenvalue weighted by Crippen LogP contribution is 2.19. The van der Waals surface area contributed by atoms with Crippen LogP contribution in [0.4, 0.5) is 0 Å². The van der Waals surface area contributed by atoms with Crippen molar-refractivity contribution in [3.05, 3.63) is 18.2 Å². The van der Waals surface area contributed by atoms with Gasteiger partial charge in [-0.25, -0.2) is 9.78 Å². The van der Waals surface area contributed by atoms with E-state index >= 15 is 0 Å². The highest BCUT2D eigenvalue weighted by molar-refractivity contribution is 5.94. The number of guanidine groups is 1. The van der Waals surface area contributed by atoms with E-state index in [4.69, 9.17) is 17.2 Å². The largest absolute Gasteiger partial charge is 0.480 e. The number of hydrogen-bond acceptors (Lipinski definition) is 7. The Balaban J connectivity index is 2.10. The molecule has 1 aliphatic heterocycles.